The lowest BCUT2D eigenvalue weighted by Crippen LogP contribution is -2.63. The van der Waals surface area contributed by atoms with E-state index in [1.165, 1.54) is 13.8 Å². The van der Waals surface area contributed by atoms with Crippen LogP contribution in [0.1, 0.15) is 81.9 Å². The highest BCUT2D eigenvalue weighted by molar-refractivity contribution is 9.09. The first-order valence-electron chi connectivity index (χ1n) is 20.7. The van der Waals surface area contributed by atoms with Crippen LogP contribution >= 0.6 is 23.8 Å². The maximum atomic E-state index is 14.5. The van der Waals surface area contributed by atoms with Gasteiger partial charge < -0.3 is 45.4 Å². The van der Waals surface area contributed by atoms with Crippen LogP contribution in [0.3, 0.4) is 0 Å². The number of amides is 3. The number of ketones is 2. The highest BCUT2D eigenvalue weighted by Gasteiger charge is 2.76. The van der Waals surface area contributed by atoms with Gasteiger partial charge in [0.25, 0.3) is 0 Å². The summed E-state index contributed by atoms with van der Waals surface area (Å²) in [7, 11) is -5.04. The maximum Gasteiger partial charge on any atom is 0.470 e. The van der Waals surface area contributed by atoms with Gasteiger partial charge >= 0.3 is 7.82 Å². The van der Waals surface area contributed by atoms with Crippen molar-refractivity contribution >= 4 is 58.7 Å². The van der Waals surface area contributed by atoms with E-state index in [1.54, 1.807) is 36.4 Å². The van der Waals surface area contributed by atoms with E-state index in [0.717, 1.165) is 16.7 Å². The summed E-state index contributed by atoms with van der Waals surface area (Å²) in [6.07, 6.45) is 4.60. The number of anilines is 1. The SMILES string of the molecule is C[C@H](NC(=O)CBr)C(=O)N[C@@H](C)C(=O)Nc1ccc(Cc2cccc([C@@H]3O[C@@H]4C[C@H]5[C@@H]6CCC7=CC(=O)C=C[C@]7(C)[C@H]6[C@@H](O)C[C@]5(C)[C@]4(C(=O)COP(=O)(O)O)O3)c2)cc1CO. The predicted octanol–water partition coefficient (Wildman–Crippen LogP) is 3.83. The summed E-state index contributed by atoms with van der Waals surface area (Å²) >= 11 is 3.02. The van der Waals surface area contributed by atoms with E-state index in [-0.39, 0.29) is 41.2 Å². The Kier molecular flexibility index (Phi) is 13.1. The van der Waals surface area contributed by atoms with Crippen LogP contribution in [0.15, 0.2) is 66.3 Å². The van der Waals surface area contributed by atoms with Crippen molar-refractivity contribution in [3.63, 3.8) is 0 Å². The van der Waals surface area contributed by atoms with Crippen LogP contribution in [0, 0.1) is 28.6 Å². The van der Waals surface area contributed by atoms with E-state index < -0.39 is 85.6 Å². The second-order valence-corrected chi connectivity index (χ2v) is 19.5. The summed E-state index contributed by atoms with van der Waals surface area (Å²) in [5.41, 5.74) is 0.691. The summed E-state index contributed by atoms with van der Waals surface area (Å²) in [5, 5.41) is 30.1. The van der Waals surface area contributed by atoms with Gasteiger partial charge in [0.2, 0.25) is 17.7 Å². The van der Waals surface area contributed by atoms with E-state index in [2.05, 4.69) is 31.9 Å². The fourth-order valence-corrected chi connectivity index (χ4v) is 11.5. The number of carbonyl (C=O) groups excluding carboxylic acids is 5. The number of benzene rings is 2. The lowest BCUT2D eigenvalue weighted by atomic mass is 9.46. The smallest absolute Gasteiger partial charge is 0.393 e. The largest absolute Gasteiger partial charge is 0.470 e. The standard InChI is InChI=1S/C44H53BrN3O13P/c1-23(46-37(53)20-45)39(54)47-24(2)40(55)48-33-11-8-26(16-28(33)21-49)14-25-6-5-7-27(15-25)41-60-36-18-32-31-10-9-29-17-30(50)12-13-42(29,3)38(31)34(51)19-43(32,4)44(36,61-41)35(52)22-59-62(56,57)58/h5-8,11-13,15-17,23-24,31-32,34,36,38,41,49,51H,9-10,14,18-22H2,1-4H3,(H,46,53)(H,47,54)(H,48,55)(H2,56,57,58)/t23-,24-,31-,32-,34-,36+,38+,41+,42-,43-,44+/m0/s1. The monoisotopic (exact) mass is 941 g/mol. The molecule has 0 radical (unpaired) electrons. The fraction of sp³-hybridized carbons (Fsp3) is 0.523. The van der Waals surface area contributed by atoms with Crippen molar-refractivity contribution in [1.82, 2.24) is 10.6 Å². The minimum atomic E-state index is -5.04. The molecule has 1 aliphatic heterocycles. The van der Waals surface area contributed by atoms with Crippen molar-refractivity contribution in [3.05, 3.63) is 88.5 Å². The Morgan fingerprint density at radius 3 is 2.47 bits per heavy atom. The zero-order chi connectivity index (χ0) is 44.9. The molecule has 1 heterocycles. The van der Waals surface area contributed by atoms with Gasteiger partial charge in [-0.3, -0.25) is 28.5 Å². The molecular formula is C44H53BrN3O13P. The third kappa shape index (κ3) is 8.55. The minimum Gasteiger partial charge on any atom is -0.393 e. The number of carbonyl (C=O) groups is 5. The highest BCUT2D eigenvalue weighted by Crippen LogP contribution is 2.70. The molecule has 2 aromatic carbocycles. The molecule has 7 N–H and O–H groups in total. The van der Waals surface area contributed by atoms with Crippen LogP contribution in [-0.4, -0.2) is 91.1 Å². The van der Waals surface area contributed by atoms with E-state index >= 15 is 0 Å². The minimum absolute atomic E-state index is 0.0258. The second-order valence-electron chi connectivity index (χ2n) is 17.7. The number of fused-ring (bicyclic) bond motifs is 7. The van der Waals surface area contributed by atoms with Crippen molar-refractivity contribution in [2.45, 2.75) is 103 Å². The molecule has 18 heteroatoms. The molecule has 334 valence electrons. The van der Waals surface area contributed by atoms with E-state index in [4.69, 9.17) is 14.0 Å². The molecule has 3 saturated carbocycles. The number of aliphatic hydroxyl groups excluding tert-OH is 2. The molecule has 0 aromatic heterocycles. The van der Waals surface area contributed by atoms with Gasteiger partial charge in [-0.2, -0.15) is 0 Å². The highest BCUT2D eigenvalue weighted by atomic mass is 79.9. The number of nitrogens with one attached hydrogen (secondary N) is 3. The zero-order valence-corrected chi connectivity index (χ0v) is 37.3. The van der Waals surface area contributed by atoms with Crippen molar-refractivity contribution in [2.24, 2.45) is 28.6 Å². The molecule has 0 spiro atoms. The molecule has 62 heavy (non-hydrogen) atoms. The van der Waals surface area contributed by atoms with Crippen molar-refractivity contribution in [3.8, 4) is 0 Å². The summed E-state index contributed by atoms with van der Waals surface area (Å²) in [5.74, 6) is -2.69. The van der Waals surface area contributed by atoms with Gasteiger partial charge in [0.15, 0.2) is 23.5 Å². The summed E-state index contributed by atoms with van der Waals surface area (Å²) in [4.78, 5) is 83.1. The summed E-state index contributed by atoms with van der Waals surface area (Å²) in [6, 6.07) is 10.8. The first-order valence-corrected chi connectivity index (χ1v) is 23.3. The molecule has 4 fully saturated rings. The average molecular weight is 943 g/mol. The maximum absolute atomic E-state index is 14.5. The predicted molar refractivity (Wildman–Crippen MR) is 227 cm³/mol. The Balaban J connectivity index is 1.09. The van der Waals surface area contributed by atoms with E-state index in [9.17, 15) is 48.5 Å². The van der Waals surface area contributed by atoms with Gasteiger partial charge in [-0.15, -0.1) is 0 Å². The Bertz CT molecular complexity index is 2260. The Morgan fingerprint density at radius 1 is 1.03 bits per heavy atom. The van der Waals surface area contributed by atoms with Crippen molar-refractivity contribution in [1.29, 1.82) is 0 Å². The molecule has 4 aliphatic carbocycles. The molecular weight excluding hydrogens is 889 g/mol. The fourth-order valence-electron chi connectivity index (χ4n) is 11.1. The van der Waals surface area contributed by atoms with Crippen molar-refractivity contribution < 1.29 is 62.5 Å². The second kappa shape index (κ2) is 17.6. The van der Waals surface area contributed by atoms with Crippen LogP contribution in [0.2, 0.25) is 0 Å². The van der Waals surface area contributed by atoms with Crippen LogP contribution in [-0.2, 0) is 55.6 Å². The summed E-state index contributed by atoms with van der Waals surface area (Å²) < 4.78 is 30.1. The normalized spacial score (nSPS) is 32.0. The number of phosphoric acid groups is 1. The van der Waals surface area contributed by atoms with Gasteiger partial charge in [0.1, 0.15) is 18.7 Å². The van der Waals surface area contributed by atoms with Crippen LogP contribution in [0.5, 0.6) is 0 Å². The molecule has 3 amide bonds. The van der Waals surface area contributed by atoms with E-state index in [0.29, 0.717) is 42.5 Å². The number of rotatable bonds is 14. The number of hydrogen-bond acceptors (Lipinski definition) is 11. The topological polar surface area (TPSA) is 247 Å². The molecule has 0 bridgehead atoms. The number of alkyl halides is 1. The quantitative estimate of drug-likeness (QED) is 0.105. The number of ether oxygens (including phenoxy) is 2. The number of phosphoric ester groups is 1. The average Bonchev–Trinajstić information content (AvgIpc) is 3.73. The first kappa shape index (κ1) is 46.1. The number of Topliss-reactive ketones (excluding diaryl/α,β-unsaturated/α-hetero) is 1. The molecule has 16 nitrogen and oxygen atoms in total. The first-order chi connectivity index (χ1) is 29.2. The van der Waals surface area contributed by atoms with Gasteiger partial charge in [-0.1, -0.05) is 77.8 Å². The van der Waals surface area contributed by atoms with Crippen LogP contribution in [0.4, 0.5) is 5.69 Å². The molecule has 7 rings (SSSR count). The van der Waals surface area contributed by atoms with Crippen molar-refractivity contribution in [2.75, 3.05) is 17.3 Å². The number of aliphatic hydroxyl groups is 2. The molecule has 0 unspecified atom stereocenters. The number of hydrogen-bond donors (Lipinski definition) is 7. The van der Waals surface area contributed by atoms with Crippen LogP contribution in [0.25, 0.3) is 0 Å². The third-order valence-electron chi connectivity index (χ3n) is 13.9. The Morgan fingerprint density at radius 2 is 1.76 bits per heavy atom. The molecule has 11 atom stereocenters. The van der Waals surface area contributed by atoms with E-state index in [1.807, 2.05) is 38.1 Å². The molecule has 2 aromatic rings. The van der Waals surface area contributed by atoms with Gasteiger partial charge in [0, 0.05) is 33.6 Å². The summed E-state index contributed by atoms with van der Waals surface area (Å²) in [6.45, 7) is 5.63. The lowest BCUT2D eigenvalue weighted by molar-refractivity contribution is -0.200. The Hall–Kier alpha value is -3.90. The Labute approximate surface area is 367 Å². The van der Waals surface area contributed by atoms with Gasteiger partial charge in [-0.25, -0.2) is 4.57 Å². The van der Waals surface area contributed by atoms with Gasteiger partial charge in [-0.05, 0) is 87.1 Å². The number of allylic oxidation sites excluding steroid dienone is 4. The third-order valence-corrected chi connectivity index (χ3v) is 14.9. The zero-order valence-electron chi connectivity index (χ0n) is 34.8. The lowest BCUT2D eigenvalue weighted by Gasteiger charge is -2.59. The molecule has 5 aliphatic rings. The van der Waals surface area contributed by atoms with Gasteiger partial charge in [0.05, 0.1) is 24.1 Å². The number of halogens is 1. The molecule has 1 saturated heterocycles. The van der Waals surface area contributed by atoms with Crippen LogP contribution < -0.4 is 16.0 Å².